The van der Waals surface area contributed by atoms with Crippen molar-refractivity contribution < 1.29 is 24.0 Å². The summed E-state index contributed by atoms with van der Waals surface area (Å²) in [6.45, 7) is 4.28. The molecular formula is C21H23FN6O5. The van der Waals surface area contributed by atoms with E-state index in [2.05, 4.69) is 15.4 Å². The van der Waals surface area contributed by atoms with Gasteiger partial charge in [-0.1, -0.05) is 0 Å². The Morgan fingerprint density at radius 1 is 1.42 bits per heavy atom. The van der Waals surface area contributed by atoms with E-state index in [-0.39, 0.29) is 23.9 Å². The third-order valence-corrected chi connectivity index (χ3v) is 5.60. The van der Waals surface area contributed by atoms with E-state index in [4.69, 9.17) is 9.84 Å². The molecule has 3 aromatic rings. The van der Waals surface area contributed by atoms with E-state index in [1.807, 2.05) is 11.8 Å². The van der Waals surface area contributed by atoms with Crippen molar-refractivity contribution in [3.05, 3.63) is 57.7 Å². The smallest absolute Gasteiger partial charge is 0.404 e. The number of hydrogen-bond donors (Lipinski definition) is 2. The minimum Gasteiger partial charge on any atom is -0.489 e. The summed E-state index contributed by atoms with van der Waals surface area (Å²) in [4.78, 5) is 28.1. The Labute approximate surface area is 187 Å². The number of nitrogens with one attached hydrogen (secondary N) is 1. The molecule has 1 aliphatic rings. The Hall–Kier alpha value is -3.96. The summed E-state index contributed by atoms with van der Waals surface area (Å²) in [7, 11) is 0. The number of hydrogen-bond acceptors (Lipinski definition) is 7. The maximum absolute atomic E-state index is 14.2. The van der Waals surface area contributed by atoms with Crippen LogP contribution in [-0.2, 0) is 6.42 Å². The topological polar surface area (TPSA) is 135 Å². The average Bonchev–Trinajstić information content (AvgIpc) is 3.19. The van der Waals surface area contributed by atoms with Crippen LogP contribution in [0.3, 0.4) is 0 Å². The molecule has 0 bridgehead atoms. The summed E-state index contributed by atoms with van der Waals surface area (Å²) in [5, 5.41) is 26.5. The van der Waals surface area contributed by atoms with Crippen LogP contribution in [-0.4, -0.2) is 49.9 Å². The quantitative estimate of drug-likeness (QED) is 0.407. The fourth-order valence-electron chi connectivity index (χ4n) is 4.01. The third kappa shape index (κ3) is 4.49. The molecule has 2 unspecified atom stereocenters. The zero-order valence-corrected chi connectivity index (χ0v) is 18.1. The van der Waals surface area contributed by atoms with E-state index in [0.717, 1.165) is 18.4 Å². The van der Waals surface area contributed by atoms with Crippen LogP contribution in [0.25, 0.3) is 5.65 Å². The van der Waals surface area contributed by atoms with Crippen molar-refractivity contribution in [3.8, 4) is 5.75 Å². The SMILES string of the molecule is CC(CNC(=O)O)Oc1ccc(F)cc1C(C)N1CCCc2cn3ncc([N+](=O)[O-])c3nc21. The van der Waals surface area contributed by atoms with E-state index in [9.17, 15) is 19.3 Å². The van der Waals surface area contributed by atoms with Crippen molar-refractivity contribution in [2.45, 2.75) is 38.8 Å². The normalized spacial score (nSPS) is 15.1. The number of aryl methyl sites for hydroxylation is 1. The molecule has 0 spiro atoms. The molecule has 3 heterocycles. The van der Waals surface area contributed by atoms with Gasteiger partial charge in [0.05, 0.1) is 17.5 Å². The lowest BCUT2D eigenvalue weighted by atomic mass is 10.0. The van der Waals surface area contributed by atoms with Gasteiger partial charge in [-0.05, 0) is 44.9 Å². The highest BCUT2D eigenvalue weighted by Gasteiger charge is 2.29. The molecule has 4 rings (SSSR count). The van der Waals surface area contributed by atoms with E-state index >= 15 is 0 Å². The highest BCUT2D eigenvalue weighted by Crippen LogP contribution is 2.37. The molecule has 1 amide bonds. The van der Waals surface area contributed by atoms with Crippen LogP contribution in [0.5, 0.6) is 5.75 Å². The van der Waals surface area contributed by atoms with Gasteiger partial charge in [-0.15, -0.1) is 0 Å². The van der Waals surface area contributed by atoms with E-state index in [0.29, 0.717) is 23.7 Å². The lowest BCUT2D eigenvalue weighted by molar-refractivity contribution is -0.383. The van der Waals surface area contributed by atoms with Crippen LogP contribution < -0.4 is 15.0 Å². The van der Waals surface area contributed by atoms with Gasteiger partial charge in [0.2, 0.25) is 5.65 Å². The summed E-state index contributed by atoms with van der Waals surface area (Å²) in [5.74, 6) is 0.570. The molecule has 174 valence electrons. The van der Waals surface area contributed by atoms with Gasteiger partial charge in [-0.3, -0.25) is 10.1 Å². The lowest BCUT2D eigenvalue weighted by Crippen LogP contribution is -2.35. The van der Waals surface area contributed by atoms with Crippen molar-refractivity contribution >= 4 is 23.2 Å². The fraction of sp³-hybridized carbons (Fsp3) is 0.381. The second kappa shape index (κ2) is 8.88. The van der Waals surface area contributed by atoms with Gasteiger partial charge in [0, 0.05) is 23.9 Å². The summed E-state index contributed by atoms with van der Waals surface area (Å²) in [6, 6.07) is 3.81. The second-order valence-corrected chi connectivity index (χ2v) is 7.91. The van der Waals surface area contributed by atoms with Crippen LogP contribution >= 0.6 is 0 Å². The van der Waals surface area contributed by atoms with Gasteiger partial charge >= 0.3 is 11.8 Å². The summed E-state index contributed by atoms with van der Waals surface area (Å²) >= 11 is 0. The standard InChI is InChI=1S/C21H23FN6O5/c1-12(9-23-21(29)30)33-18-6-5-15(22)8-16(18)13(2)26-7-3-4-14-11-27-20(25-19(14)26)17(10-24-27)28(31)32/h5-6,8,10-13,23H,3-4,7,9H2,1-2H3,(H,29,30). The lowest BCUT2D eigenvalue weighted by Gasteiger charge is -2.36. The largest absolute Gasteiger partial charge is 0.489 e. The van der Waals surface area contributed by atoms with Crippen molar-refractivity contribution in [2.24, 2.45) is 0 Å². The Balaban J connectivity index is 1.69. The van der Waals surface area contributed by atoms with Gasteiger partial charge < -0.3 is 20.1 Å². The maximum atomic E-state index is 14.2. The minimum atomic E-state index is -1.16. The fourth-order valence-corrected chi connectivity index (χ4v) is 4.01. The first-order chi connectivity index (χ1) is 15.7. The summed E-state index contributed by atoms with van der Waals surface area (Å²) < 4.78 is 21.5. The van der Waals surface area contributed by atoms with Gasteiger partial charge in [-0.2, -0.15) is 5.10 Å². The molecule has 0 radical (unpaired) electrons. The minimum absolute atomic E-state index is 0.0670. The first-order valence-corrected chi connectivity index (χ1v) is 10.5. The van der Waals surface area contributed by atoms with Gasteiger partial charge in [-0.25, -0.2) is 18.7 Å². The highest BCUT2D eigenvalue weighted by molar-refractivity contribution is 5.65. The van der Waals surface area contributed by atoms with E-state index in [1.165, 1.54) is 28.9 Å². The van der Waals surface area contributed by atoms with E-state index in [1.54, 1.807) is 13.1 Å². The molecule has 0 aliphatic carbocycles. The molecule has 12 heteroatoms. The average molecular weight is 458 g/mol. The number of carbonyl (C=O) groups is 1. The Bertz CT molecular complexity index is 1220. The molecule has 0 saturated heterocycles. The van der Waals surface area contributed by atoms with Crippen molar-refractivity contribution in [1.29, 1.82) is 0 Å². The molecule has 2 aromatic heterocycles. The molecule has 11 nitrogen and oxygen atoms in total. The Morgan fingerprint density at radius 3 is 2.94 bits per heavy atom. The number of anilines is 1. The number of rotatable bonds is 7. The van der Waals surface area contributed by atoms with Crippen LogP contribution in [0.15, 0.2) is 30.6 Å². The number of benzene rings is 1. The number of nitrogens with zero attached hydrogens (tertiary/aromatic N) is 5. The highest BCUT2D eigenvalue weighted by atomic mass is 19.1. The Morgan fingerprint density at radius 2 is 2.21 bits per heavy atom. The molecule has 33 heavy (non-hydrogen) atoms. The third-order valence-electron chi connectivity index (χ3n) is 5.60. The van der Waals surface area contributed by atoms with Crippen molar-refractivity contribution in [2.75, 3.05) is 18.0 Å². The van der Waals surface area contributed by atoms with Crippen LogP contribution in [0.4, 0.5) is 20.7 Å². The zero-order chi connectivity index (χ0) is 23.7. The predicted molar refractivity (Wildman–Crippen MR) is 116 cm³/mol. The van der Waals surface area contributed by atoms with Gasteiger partial charge in [0.1, 0.15) is 29.7 Å². The summed E-state index contributed by atoms with van der Waals surface area (Å²) in [5.41, 5.74) is 1.40. The van der Waals surface area contributed by atoms with Crippen LogP contribution in [0.2, 0.25) is 0 Å². The first kappa shape index (κ1) is 22.2. The number of ether oxygens (including phenoxy) is 1. The van der Waals surface area contributed by atoms with Crippen LogP contribution in [0, 0.1) is 15.9 Å². The predicted octanol–water partition coefficient (Wildman–Crippen LogP) is 3.33. The molecule has 2 atom stereocenters. The van der Waals surface area contributed by atoms with Crippen molar-refractivity contribution in [3.63, 3.8) is 0 Å². The number of aromatic nitrogens is 3. The number of amides is 1. The molecular weight excluding hydrogens is 435 g/mol. The van der Waals surface area contributed by atoms with Gasteiger partial charge in [0.25, 0.3) is 0 Å². The zero-order valence-electron chi connectivity index (χ0n) is 18.1. The molecule has 0 fully saturated rings. The number of nitro groups is 1. The van der Waals surface area contributed by atoms with E-state index < -0.39 is 22.9 Å². The number of halogens is 1. The monoisotopic (exact) mass is 458 g/mol. The summed E-state index contributed by atoms with van der Waals surface area (Å²) in [6.07, 6.45) is 2.82. The van der Waals surface area contributed by atoms with Crippen molar-refractivity contribution in [1.82, 2.24) is 19.9 Å². The number of fused-ring (bicyclic) bond motifs is 2. The molecule has 2 N–H and O–H groups in total. The maximum Gasteiger partial charge on any atom is 0.404 e. The van der Waals surface area contributed by atoms with Gasteiger partial charge in [0.15, 0.2) is 0 Å². The second-order valence-electron chi connectivity index (χ2n) is 7.91. The van der Waals surface area contributed by atoms with Crippen LogP contribution in [0.1, 0.15) is 37.4 Å². The number of carboxylic acid groups (broad SMARTS) is 1. The Kier molecular flexibility index (Phi) is 5.99. The molecule has 1 aliphatic heterocycles. The first-order valence-electron chi connectivity index (χ1n) is 10.5. The molecule has 0 saturated carbocycles. The molecule has 1 aromatic carbocycles.